The zero-order valence-corrected chi connectivity index (χ0v) is 20.7. The lowest BCUT2D eigenvalue weighted by molar-refractivity contribution is 0.0334. The minimum atomic E-state index is -0.353. The van der Waals surface area contributed by atoms with E-state index in [4.69, 9.17) is 21.6 Å². The number of pyridine rings is 1. The summed E-state index contributed by atoms with van der Waals surface area (Å²) < 4.78 is 18.1. The standard InChI is InChI=1S/C28H26ClFN6/c1-15-16-6-8-17(9-7-16)20(15)13-22-24(30)28(36-11-10-18-4-2-3-5-23(18)36)33-27(32-22)25-21-12-19(29)14-31-26(21)35-34-25/h2-5,10-12,14-17,20H,6-9,13H2,1H3,(H,31,34,35)/t15-,16?,17?,20+/m0/s1. The van der Waals surface area contributed by atoms with Crippen molar-refractivity contribution in [1.82, 2.24) is 29.7 Å². The Hall–Kier alpha value is -3.32. The summed E-state index contributed by atoms with van der Waals surface area (Å²) in [5.41, 5.74) is 2.48. The lowest BCUT2D eigenvalue weighted by Gasteiger charge is -2.47. The first-order valence-electron chi connectivity index (χ1n) is 12.7. The molecule has 8 heteroatoms. The second-order valence-electron chi connectivity index (χ2n) is 10.4. The summed E-state index contributed by atoms with van der Waals surface area (Å²) in [6, 6.07) is 11.7. The van der Waals surface area contributed by atoms with E-state index in [-0.39, 0.29) is 11.6 Å². The lowest BCUT2D eigenvalue weighted by Crippen LogP contribution is -2.39. The Balaban J connectivity index is 1.41. The Labute approximate surface area is 212 Å². The average molecular weight is 501 g/mol. The van der Waals surface area contributed by atoms with Crippen LogP contribution in [0.25, 0.3) is 39.3 Å². The quantitative estimate of drug-likeness (QED) is 0.295. The van der Waals surface area contributed by atoms with Crippen molar-refractivity contribution in [3.63, 3.8) is 0 Å². The molecule has 5 aromatic rings. The predicted octanol–water partition coefficient (Wildman–Crippen LogP) is 6.77. The molecule has 2 atom stereocenters. The van der Waals surface area contributed by atoms with Gasteiger partial charge < -0.3 is 0 Å². The fourth-order valence-electron chi connectivity index (χ4n) is 6.65. The van der Waals surface area contributed by atoms with Gasteiger partial charge in [0.1, 0.15) is 5.69 Å². The molecule has 3 aliphatic carbocycles. The molecule has 0 unspecified atom stereocenters. The van der Waals surface area contributed by atoms with Crippen LogP contribution in [-0.2, 0) is 6.42 Å². The number of aromatic amines is 1. The monoisotopic (exact) mass is 500 g/mol. The molecule has 1 N–H and O–H groups in total. The number of H-pyrrole nitrogens is 1. The van der Waals surface area contributed by atoms with E-state index < -0.39 is 0 Å². The highest BCUT2D eigenvalue weighted by Gasteiger charge is 2.41. The maximum atomic E-state index is 16.3. The third-order valence-electron chi connectivity index (χ3n) is 8.60. The number of rotatable bonds is 4. The topological polar surface area (TPSA) is 72.3 Å². The molecule has 0 aliphatic heterocycles. The molecule has 6 nitrogen and oxygen atoms in total. The molecule has 36 heavy (non-hydrogen) atoms. The van der Waals surface area contributed by atoms with E-state index in [1.54, 1.807) is 12.3 Å². The number of hydrogen-bond donors (Lipinski definition) is 1. The molecule has 3 saturated carbocycles. The van der Waals surface area contributed by atoms with Crippen molar-refractivity contribution in [3.8, 4) is 17.3 Å². The van der Waals surface area contributed by atoms with Crippen LogP contribution in [0.2, 0.25) is 5.02 Å². The van der Waals surface area contributed by atoms with Gasteiger partial charge in [0.25, 0.3) is 0 Å². The van der Waals surface area contributed by atoms with Gasteiger partial charge in [-0.05, 0) is 79.4 Å². The van der Waals surface area contributed by atoms with E-state index in [1.165, 1.54) is 25.7 Å². The lowest BCUT2D eigenvalue weighted by atomic mass is 9.58. The van der Waals surface area contributed by atoms with E-state index >= 15 is 4.39 Å². The molecule has 0 saturated heterocycles. The molecule has 182 valence electrons. The van der Waals surface area contributed by atoms with Gasteiger partial charge >= 0.3 is 0 Å². The van der Waals surface area contributed by atoms with Crippen molar-refractivity contribution in [3.05, 3.63) is 65.3 Å². The summed E-state index contributed by atoms with van der Waals surface area (Å²) in [5, 5.41) is 9.58. The van der Waals surface area contributed by atoms with Crippen molar-refractivity contribution in [2.75, 3.05) is 0 Å². The maximum Gasteiger partial charge on any atom is 0.187 e. The molecule has 4 heterocycles. The van der Waals surface area contributed by atoms with Crippen molar-refractivity contribution in [2.24, 2.45) is 23.7 Å². The van der Waals surface area contributed by atoms with Gasteiger partial charge in [-0.3, -0.25) is 9.67 Å². The molecule has 3 aliphatic rings. The molecule has 0 radical (unpaired) electrons. The second kappa shape index (κ2) is 8.37. The molecular weight excluding hydrogens is 475 g/mol. The van der Waals surface area contributed by atoms with Crippen LogP contribution in [0.1, 0.15) is 38.3 Å². The molecule has 1 aromatic carbocycles. The van der Waals surface area contributed by atoms with Gasteiger partial charge in [0, 0.05) is 12.4 Å². The summed E-state index contributed by atoms with van der Waals surface area (Å²) in [7, 11) is 0. The molecule has 3 fully saturated rings. The number of aromatic nitrogens is 6. The van der Waals surface area contributed by atoms with Crippen LogP contribution in [0.4, 0.5) is 4.39 Å². The van der Waals surface area contributed by atoms with Gasteiger partial charge in [-0.15, -0.1) is 0 Å². The van der Waals surface area contributed by atoms with E-state index in [9.17, 15) is 0 Å². The molecule has 4 aromatic heterocycles. The Morgan fingerprint density at radius 3 is 2.72 bits per heavy atom. The average Bonchev–Trinajstić information content (AvgIpc) is 3.52. The van der Waals surface area contributed by atoms with Crippen molar-refractivity contribution in [1.29, 1.82) is 0 Å². The van der Waals surface area contributed by atoms with Crippen LogP contribution in [0.15, 0.2) is 48.8 Å². The highest BCUT2D eigenvalue weighted by molar-refractivity contribution is 6.31. The minimum Gasteiger partial charge on any atom is -0.299 e. The van der Waals surface area contributed by atoms with Crippen LogP contribution in [0.3, 0.4) is 0 Å². The van der Waals surface area contributed by atoms with Crippen LogP contribution >= 0.6 is 11.6 Å². The van der Waals surface area contributed by atoms with Crippen LogP contribution in [-0.4, -0.2) is 29.7 Å². The molecule has 0 amide bonds. The van der Waals surface area contributed by atoms with Gasteiger partial charge in [-0.1, -0.05) is 36.7 Å². The van der Waals surface area contributed by atoms with Gasteiger partial charge in [-0.25, -0.2) is 19.3 Å². The van der Waals surface area contributed by atoms with Gasteiger partial charge in [0.2, 0.25) is 0 Å². The number of benzene rings is 1. The van der Waals surface area contributed by atoms with Crippen LogP contribution < -0.4 is 0 Å². The SMILES string of the molecule is C[C@H]1C2CCC(CC2)[C@@H]1Cc1nc(-c2[nH]nc3ncc(Cl)cc23)nc(-n2ccc3ccccc32)c1F. The number of fused-ring (bicyclic) bond motifs is 5. The second-order valence-corrected chi connectivity index (χ2v) is 10.8. The van der Waals surface area contributed by atoms with Gasteiger partial charge in [0.05, 0.1) is 21.6 Å². The first kappa shape index (κ1) is 21.9. The van der Waals surface area contributed by atoms with Gasteiger partial charge in [-0.2, -0.15) is 5.10 Å². The first-order valence-corrected chi connectivity index (χ1v) is 13.1. The number of nitrogens with one attached hydrogen (secondary N) is 1. The zero-order valence-electron chi connectivity index (χ0n) is 20.0. The summed E-state index contributed by atoms with van der Waals surface area (Å²) in [5.74, 6) is 2.67. The van der Waals surface area contributed by atoms with Crippen molar-refractivity contribution < 1.29 is 4.39 Å². The summed E-state index contributed by atoms with van der Waals surface area (Å²) in [4.78, 5) is 13.9. The van der Waals surface area contributed by atoms with E-state index in [1.807, 2.05) is 41.1 Å². The number of nitrogens with zero attached hydrogens (tertiary/aromatic N) is 5. The maximum absolute atomic E-state index is 16.3. The molecule has 0 spiro atoms. The van der Waals surface area contributed by atoms with Crippen LogP contribution in [0, 0.1) is 29.5 Å². The van der Waals surface area contributed by atoms with Gasteiger partial charge in [0.15, 0.2) is 23.1 Å². The summed E-state index contributed by atoms with van der Waals surface area (Å²) in [6.07, 6.45) is 9.12. The fraction of sp³-hybridized carbons (Fsp3) is 0.357. The van der Waals surface area contributed by atoms with Crippen LogP contribution in [0.5, 0.6) is 0 Å². The molecule has 2 bridgehead atoms. The zero-order chi connectivity index (χ0) is 24.4. The Bertz CT molecular complexity index is 1600. The Kier molecular flexibility index (Phi) is 5.10. The third kappa shape index (κ3) is 3.44. The summed E-state index contributed by atoms with van der Waals surface area (Å²) in [6.45, 7) is 2.34. The third-order valence-corrected chi connectivity index (χ3v) is 8.81. The Morgan fingerprint density at radius 2 is 1.89 bits per heavy atom. The number of para-hydroxylation sites is 1. The molecule has 8 rings (SSSR count). The first-order chi connectivity index (χ1) is 17.6. The van der Waals surface area contributed by atoms with E-state index in [2.05, 4.69) is 22.1 Å². The highest BCUT2D eigenvalue weighted by atomic mass is 35.5. The smallest absolute Gasteiger partial charge is 0.187 e. The van der Waals surface area contributed by atoms with Crippen molar-refractivity contribution >= 4 is 33.5 Å². The molecular formula is C28H26ClFN6. The largest absolute Gasteiger partial charge is 0.299 e. The van der Waals surface area contributed by atoms with E-state index in [0.29, 0.717) is 57.4 Å². The fourth-order valence-corrected chi connectivity index (χ4v) is 6.81. The van der Waals surface area contributed by atoms with E-state index in [0.717, 1.165) is 16.8 Å². The Morgan fingerprint density at radius 1 is 1.08 bits per heavy atom. The van der Waals surface area contributed by atoms with Crippen molar-refractivity contribution in [2.45, 2.75) is 39.0 Å². The highest BCUT2D eigenvalue weighted by Crippen LogP contribution is 2.50. The number of hydrogen-bond acceptors (Lipinski definition) is 4. The summed E-state index contributed by atoms with van der Waals surface area (Å²) >= 11 is 6.24. The normalized spacial score (nSPS) is 23.6. The number of halogens is 2. The minimum absolute atomic E-state index is 0.252. The predicted molar refractivity (Wildman–Crippen MR) is 139 cm³/mol.